The van der Waals surface area contributed by atoms with Crippen LogP contribution in [0.1, 0.15) is 0 Å². The predicted octanol–water partition coefficient (Wildman–Crippen LogP) is 1.61. The first-order valence-electron chi connectivity index (χ1n) is 6.09. The lowest BCUT2D eigenvalue weighted by atomic mass is 10.1. The van der Waals surface area contributed by atoms with Crippen LogP contribution in [0, 0.1) is 5.92 Å². The maximum atomic E-state index is 12.5. The van der Waals surface area contributed by atoms with Crippen LogP contribution in [0.2, 0.25) is 5.02 Å². The maximum Gasteiger partial charge on any atom is 0.311 e. The summed E-state index contributed by atoms with van der Waals surface area (Å²) >= 11 is 5.94. The van der Waals surface area contributed by atoms with E-state index in [4.69, 9.17) is 21.4 Å². The summed E-state index contributed by atoms with van der Waals surface area (Å²) in [6.45, 7) is 0.0353. The number of aliphatic carboxylic acids is 1. The number of ether oxygens (including phenoxy) is 1. The number of nitrogens with zero attached hydrogens (tertiary/aromatic N) is 1. The standard InChI is InChI=1S/C13H14ClNO5S/c1-20-12-5-4-10(7-11(12)14)21(18,19)15-6-2-3-9(8-15)13(16)17/h2-5,7,9H,6,8H2,1H3,(H,16,17). The largest absolute Gasteiger partial charge is 0.495 e. The Bertz CT molecular complexity index is 686. The van der Waals surface area contributed by atoms with E-state index in [1.165, 1.54) is 37.5 Å². The van der Waals surface area contributed by atoms with Gasteiger partial charge in [-0.05, 0) is 18.2 Å². The normalized spacial score (nSPS) is 19.4. The molecule has 0 spiro atoms. The lowest BCUT2D eigenvalue weighted by Gasteiger charge is -2.26. The third-order valence-electron chi connectivity index (χ3n) is 3.16. The number of benzene rings is 1. The first kappa shape index (κ1) is 15.8. The first-order valence-corrected chi connectivity index (χ1v) is 7.91. The van der Waals surface area contributed by atoms with Crippen molar-refractivity contribution in [1.82, 2.24) is 4.31 Å². The molecular formula is C13H14ClNO5S. The van der Waals surface area contributed by atoms with Gasteiger partial charge in [-0.15, -0.1) is 0 Å². The fourth-order valence-corrected chi connectivity index (χ4v) is 3.78. The zero-order valence-electron chi connectivity index (χ0n) is 11.2. The van der Waals surface area contributed by atoms with Gasteiger partial charge in [0.25, 0.3) is 0 Å². The van der Waals surface area contributed by atoms with Crippen molar-refractivity contribution in [2.45, 2.75) is 4.90 Å². The molecule has 0 saturated heterocycles. The number of carbonyl (C=O) groups is 1. The molecule has 0 aliphatic carbocycles. The minimum Gasteiger partial charge on any atom is -0.495 e. The predicted molar refractivity (Wildman–Crippen MR) is 77.0 cm³/mol. The number of sulfonamides is 1. The fourth-order valence-electron chi connectivity index (χ4n) is 2.01. The number of rotatable bonds is 4. The highest BCUT2D eigenvalue weighted by Crippen LogP contribution is 2.29. The van der Waals surface area contributed by atoms with Crippen LogP contribution in [0.5, 0.6) is 5.75 Å². The van der Waals surface area contributed by atoms with Gasteiger partial charge in [0.2, 0.25) is 10.0 Å². The van der Waals surface area contributed by atoms with Crippen molar-refractivity contribution in [2.24, 2.45) is 5.92 Å². The number of methoxy groups -OCH3 is 1. The topological polar surface area (TPSA) is 83.9 Å². The van der Waals surface area contributed by atoms with Crippen molar-refractivity contribution >= 4 is 27.6 Å². The summed E-state index contributed by atoms with van der Waals surface area (Å²) in [7, 11) is -2.36. The zero-order chi connectivity index (χ0) is 15.6. The van der Waals surface area contributed by atoms with Crippen LogP contribution < -0.4 is 4.74 Å². The van der Waals surface area contributed by atoms with E-state index in [2.05, 4.69) is 0 Å². The molecule has 114 valence electrons. The Labute approximate surface area is 127 Å². The minimum absolute atomic E-state index is 0.00717. The van der Waals surface area contributed by atoms with E-state index in [-0.39, 0.29) is 23.0 Å². The molecule has 6 nitrogen and oxygen atoms in total. The SMILES string of the molecule is COc1ccc(S(=O)(=O)N2CC=CC(C(=O)O)C2)cc1Cl. The molecule has 2 rings (SSSR count). The molecule has 0 radical (unpaired) electrons. The number of carboxylic acids is 1. The van der Waals surface area contributed by atoms with Crippen LogP contribution in [-0.2, 0) is 14.8 Å². The molecule has 0 saturated carbocycles. The molecule has 1 aliphatic rings. The van der Waals surface area contributed by atoms with Crippen LogP contribution in [0.3, 0.4) is 0 Å². The van der Waals surface area contributed by atoms with Crippen LogP contribution in [0.25, 0.3) is 0 Å². The summed E-state index contributed by atoms with van der Waals surface area (Å²) < 4.78 is 31.1. The van der Waals surface area contributed by atoms with Crippen LogP contribution >= 0.6 is 11.6 Å². The van der Waals surface area contributed by atoms with Crippen molar-refractivity contribution in [1.29, 1.82) is 0 Å². The molecule has 21 heavy (non-hydrogen) atoms. The van der Waals surface area contributed by atoms with Gasteiger partial charge in [0, 0.05) is 13.1 Å². The smallest absolute Gasteiger partial charge is 0.311 e. The van der Waals surface area contributed by atoms with Gasteiger partial charge in [-0.3, -0.25) is 4.79 Å². The third-order valence-corrected chi connectivity index (χ3v) is 5.28. The van der Waals surface area contributed by atoms with Crippen molar-refractivity contribution in [3.63, 3.8) is 0 Å². The average Bonchev–Trinajstić information content (AvgIpc) is 2.47. The Morgan fingerprint density at radius 1 is 1.48 bits per heavy atom. The second-order valence-electron chi connectivity index (χ2n) is 4.49. The van der Waals surface area contributed by atoms with Gasteiger partial charge in [-0.25, -0.2) is 8.42 Å². The average molecular weight is 332 g/mol. The van der Waals surface area contributed by atoms with Crippen LogP contribution in [0.15, 0.2) is 35.2 Å². The van der Waals surface area contributed by atoms with Crippen molar-refractivity contribution in [3.8, 4) is 5.75 Å². The maximum absolute atomic E-state index is 12.5. The summed E-state index contributed by atoms with van der Waals surface area (Å²) in [5, 5.41) is 9.18. The van der Waals surface area contributed by atoms with Crippen LogP contribution in [0.4, 0.5) is 0 Å². The summed E-state index contributed by atoms with van der Waals surface area (Å²) in [6.07, 6.45) is 3.03. The molecule has 1 aliphatic heterocycles. The van der Waals surface area contributed by atoms with E-state index >= 15 is 0 Å². The van der Waals surface area contributed by atoms with E-state index in [9.17, 15) is 13.2 Å². The Morgan fingerprint density at radius 2 is 2.19 bits per heavy atom. The molecule has 1 heterocycles. The molecule has 0 bridgehead atoms. The lowest BCUT2D eigenvalue weighted by Crippen LogP contribution is -2.39. The molecule has 1 unspecified atom stereocenters. The molecule has 1 aromatic rings. The van der Waals surface area contributed by atoms with Crippen LogP contribution in [-0.4, -0.2) is 44.0 Å². The molecule has 1 atom stereocenters. The molecule has 1 N–H and O–H groups in total. The van der Waals surface area contributed by atoms with Crippen molar-refractivity contribution in [3.05, 3.63) is 35.4 Å². The van der Waals surface area contributed by atoms with E-state index in [0.29, 0.717) is 5.75 Å². The molecule has 0 fully saturated rings. The second kappa shape index (κ2) is 6.05. The fraction of sp³-hybridized carbons (Fsp3) is 0.308. The van der Waals surface area contributed by atoms with Crippen molar-refractivity contribution in [2.75, 3.05) is 20.2 Å². The number of halogens is 1. The number of hydrogen-bond donors (Lipinski definition) is 1. The third kappa shape index (κ3) is 3.20. The molecule has 0 amide bonds. The second-order valence-corrected chi connectivity index (χ2v) is 6.84. The van der Waals surface area contributed by atoms with Gasteiger partial charge >= 0.3 is 5.97 Å². The van der Waals surface area contributed by atoms with Gasteiger partial charge in [-0.1, -0.05) is 23.8 Å². The van der Waals surface area contributed by atoms with E-state index in [0.717, 1.165) is 4.31 Å². The Balaban J connectivity index is 2.32. The molecular weight excluding hydrogens is 318 g/mol. The number of hydrogen-bond acceptors (Lipinski definition) is 4. The van der Waals surface area contributed by atoms with Gasteiger partial charge in [0.1, 0.15) is 5.75 Å². The van der Waals surface area contributed by atoms with Gasteiger partial charge in [0.05, 0.1) is 22.9 Å². The zero-order valence-corrected chi connectivity index (χ0v) is 12.8. The van der Waals surface area contributed by atoms with E-state index in [1.807, 2.05) is 0 Å². The van der Waals surface area contributed by atoms with E-state index in [1.54, 1.807) is 0 Å². The summed E-state index contributed by atoms with van der Waals surface area (Å²) in [5.74, 6) is -1.53. The molecule has 8 heteroatoms. The Hall–Kier alpha value is -1.57. The number of carboxylic acid groups (broad SMARTS) is 1. The van der Waals surface area contributed by atoms with Crippen molar-refractivity contribution < 1.29 is 23.1 Å². The summed E-state index contributed by atoms with van der Waals surface area (Å²) in [4.78, 5) is 11.0. The highest BCUT2D eigenvalue weighted by Gasteiger charge is 2.31. The monoisotopic (exact) mass is 331 g/mol. The summed E-state index contributed by atoms with van der Waals surface area (Å²) in [6, 6.07) is 4.14. The minimum atomic E-state index is -3.80. The highest BCUT2D eigenvalue weighted by atomic mass is 35.5. The molecule has 0 aromatic heterocycles. The highest BCUT2D eigenvalue weighted by molar-refractivity contribution is 7.89. The summed E-state index contributed by atoms with van der Waals surface area (Å²) in [5.41, 5.74) is 0. The Morgan fingerprint density at radius 3 is 2.76 bits per heavy atom. The van der Waals surface area contributed by atoms with E-state index < -0.39 is 21.9 Å². The van der Waals surface area contributed by atoms with Gasteiger partial charge in [-0.2, -0.15) is 4.31 Å². The Kier molecular flexibility index (Phi) is 4.55. The van der Waals surface area contributed by atoms with Gasteiger partial charge < -0.3 is 9.84 Å². The first-order chi connectivity index (χ1) is 9.86. The quantitative estimate of drug-likeness (QED) is 0.847. The lowest BCUT2D eigenvalue weighted by molar-refractivity contribution is -0.140. The van der Waals surface area contributed by atoms with Gasteiger partial charge in [0.15, 0.2) is 0 Å². The molecule has 1 aromatic carbocycles.